The molecule has 0 radical (unpaired) electrons. The highest BCUT2D eigenvalue weighted by atomic mass is 32.2. The van der Waals surface area contributed by atoms with Crippen LogP contribution in [-0.2, 0) is 25.1 Å². The van der Waals surface area contributed by atoms with E-state index in [1.807, 2.05) is 13.8 Å². The predicted octanol–water partition coefficient (Wildman–Crippen LogP) is 1.50. The van der Waals surface area contributed by atoms with E-state index in [-0.39, 0.29) is 23.2 Å². The smallest absolute Gasteiger partial charge is 0.306 e. The molecule has 0 aliphatic carbocycles. The highest BCUT2D eigenvalue weighted by Crippen LogP contribution is 2.15. The van der Waals surface area contributed by atoms with Crippen LogP contribution in [0.25, 0.3) is 0 Å². The molecule has 2 unspecified atom stereocenters. The number of hydrogen-bond acceptors (Lipinski definition) is 4. The lowest BCUT2D eigenvalue weighted by Gasteiger charge is -2.23. The third-order valence-corrected chi connectivity index (χ3v) is 4.26. The molecule has 0 fully saturated rings. The second-order valence-corrected chi connectivity index (χ2v) is 6.36. The number of esters is 1. The summed E-state index contributed by atoms with van der Waals surface area (Å²) in [6, 6.07) is 0. The Morgan fingerprint density at radius 3 is 2.38 bits per heavy atom. The Balaban J connectivity index is 4.02. The van der Waals surface area contributed by atoms with Crippen LogP contribution in [0.1, 0.15) is 33.6 Å². The zero-order valence-electron chi connectivity index (χ0n) is 10.7. The molecule has 5 heteroatoms. The summed E-state index contributed by atoms with van der Waals surface area (Å²) in [6.07, 6.45) is 0.915. The maximum Gasteiger partial charge on any atom is 0.306 e. The fourth-order valence-electron chi connectivity index (χ4n) is 1.06. The number of carbonyl (C=O) groups excluding carboxylic acids is 1. The fourth-order valence-corrected chi connectivity index (χ4v) is 2.48. The largest absolute Gasteiger partial charge is 0.469 e. The van der Waals surface area contributed by atoms with Crippen LogP contribution in [0.5, 0.6) is 0 Å². The monoisotopic (exact) mass is 250 g/mol. The summed E-state index contributed by atoms with van der Waals surface area (Å²) in [7, 11) is 1.96. The van der Waals surface area contributed by atoms with E-state index < -0.39 is 10.8 Å². The standard InChI is InChI=1S/C11H22O4S/c1-9(8-10(12)14-4)16(13)7-6-11(2,3)15-5/h9H,6-8H2,1-5H3. The first kappa shape index (κ1) is 15.6. The van der Waals surface area contributed by atoms with Crippen molar-refractivity contribution in [3.05, 3.63) is 0 Å². The number of rotatable bonds is 7. The highest BCUT2D eigenvalue weighted by molar-refractivity contribution is 7.85. The van der Waals surface area contributed by atoms with Crippen LogP contribution >= 0.6 is 0 Å². The number of hydrogen-bond donors (Lipinski definition) is 0. The molecular weight excluding hydrogens is 228 g/mol. The Bertz CT molecular complexity index is 250. The Morgan fingerprint density at radius 1 is 1.38 bits per heavy atom. The van der Waals surface area contributed by atoms with Gasteiger partial charge in [0, 0.05) is 28.9 Å². The zero-order chi connectivity index (χ0) is 12.8. The van der Waals surface area contributed by atoms with E-state index >= 15 is 0 Å². The normalized spacial score (nSPS) is 15.6. The molecule has 0 spiro atoms. The van der Waals surface area contributed by atoms with Crippen molar-refractivity contribution < 1.29 is 18.5 Å². The average Bonchev–Trinajstić information content (AvgIpc) is 2.25. The summed E-state index contributed by atoms with van der Waals surface area (Å²) in [5.74, 6) is 0.228. The Labute approximate surface area is 100 Å². The molecule has 16 heavy (non-hydrogen) atoms. The molecule has 0 aromatic heterocycles. The molecule has 0 aliphatic rings. The minimum Gasteiger partial charge on any atom is -0.469 e. The van der Waals surface area contributed by atoms with Gasteiger partial charge in [0.15, 0.2) is 0 Å². The van der Waals surface area contributed by atoms with E-state index in [0.29, 0.717) is 12.2 Å². The zero-order valence-corrected chi connectivity index (χ0v) is 11.6. The molecule has 0 rings (SSSR count). The van der Waals surface area contributed by atoms with Gasteiger partial charge in [0.1, 0.15) is 0 Å². The van der Waals surface area contributed by atoms with Gasteiger partial charge < -0.3 is 9.47 Å². The topological polar surface area (TPSA) is 52.6 Å². The molecule has 4 nitrogen and oxygen atoms in total. The van der Waals surface area contributed by atoms with E-state index in [2.05, 4.69) is 4.74 Å². The molecule has 0 saturated carbocycles. The highest BCUT2D eigenvalue weighted by Gasteiger charge is 2.21. The van der Waals surface area contributed by atoms with Gasteiger partial charge in [-0.25, -0.2) is 0 Å². The molecule has 0 aromatic rings. The second kappa shape index (κ2) is 7.01. The summed E-state index contributed by atoms with van der Waals surface area (Å²) in [4.78, 5) is 11.0. The molecule has 0 bridgehead atoms. The Kier molecular flexibility index (Phi) is 6.83. The number of carbonyl (C=O) groups is 1. The van der Waals surface area contributed by atoms with E-state index in [1.165, 1.54) is 7.11 Å². The average molecular weight is 250 g/mol. The predicted molar refractivity (Wildman–Crippen MR) is 64.8 cm³/mol. The van der Waals surface area contributed by atoms with Crippen molar-refractivity contribution in [3.63, 3.8) is 0 Å². The van der Waals surface area contributed by atoms with Gasteiger partial charge in [-0.05, 0) is 20.3 Å². The van der Waals surface area contributed by atoms with E-state index in [1.54, 1.807) is 14.0 Å². The molecule has 0 amide bonds. The first-order valence-corrected chi connectivity index (χ1v) is 6.69. The van der Waals surface area contributed by atoms with Crippen LogP contribution in [-0.4, -0.2) is 41.0 Å². The Hall–Kier alpha value is -0.420. The van der Waals surface area contributed by atoms with Crippen LogP contribution < -0.4 is 0 Å². The van der Waals surface area contributed by atoms with Gasteiger partial charge in [-0.15, -0.1) is 0 Å². The second-order valence-electron chi connectivity index (χ2n) is 4.39. The van der Waals surface area contributed by atoms with Crippen molar-refractivity contribution in [2.45, 2.75) is 44.5 Å². The van der Waals surface area contributed by atoms with E-state index in [0.717, 1.165) is 0 Å². The van der Waals surface area contributed by atoms with Crippen molar-refractivity contribution in [3.8, 4) is 0 Å². The summed E-state index contributed by atoms with van der Waals surface area (Å²) < 4.78 is 21.6. The number of ether oxygens (including phenoxy) is 2. The minimum atomic E-state index is -1.02. The summed E-state index contributed by atoms with van der Waals surface area (Å²) in [5.41, 5.74) is -0.263. The van der Waals surface area contributed by atoms with Gasteiger partial charge in [-0.3, -0.25) is 9.00 Å². The molecule has 96 valence electrons. The maximum atomic E-state index is 11.8. The Morgan fingerprint density at radius 2 is 1.94 bits per heavy atom. The van der Waals surface area contributed by atoms with E-state index in [9.17, 15) is 9.00 Å². The minimum absolute atomic E-state index is 0.167. The fraction of sp³-hybridized carbons (Fsp3) is 0.909. The lowest BCUT2D eigenvalue weighted by Crippen LogP contribution is -2.27. The molecule has 0 aliphatic heterocycles. The lowest BCUT2D eigenvalue weighted by molar-refractivity contribution is -0.140. The molecule has 0 heterocycles. The first-order valence-electron chi connectivity index (χ1n) is 5.31. The van der Waals surface area contributed by atoms with Gasteiger partial charge >= 0.3 is 5.97 Å². The van der Waals surface area contributed by atoms with Crippen molar-refractivity contribution in [1.82, 2.24) is 0 Å². The third-order valence-electron chi connectivity index (χ3n) is 2.59. The maximum absolute atomic E-state index is 11.8. The van der Waals surface area contributed by atoms with Gasteiger partial charge in [0.2, 0.25) is 0 Å². The molecule has 0 saturated heterocycles. The van der Waals surface area contributed by atoms with Crippen LogP contribution in [0, 0.1) is 0 Å². The molecule has 2 atom stereocenters. The van der Waals surface area contributed by atoms with Crippen LogP contribution in [0.15, 0.2) is 0 Å². The van der Waals surface area contributed by atoms with Gasteiger partial charge in [0.05, 0.1) is 19.1 Å². The molecular formula is C11H22O4S. The molecule has 0 aromatic carbocycles. The van der Waals surface area contributed by atoms with Crippen molar-refractivity contribution in [2.75, 3.05) is 20.0 Å². The SMILES string of the molecule is COC(=O)CC(C)S(=O)CCC(C)(C)OC. The van der Waals surface area contributed by atoms with Crippen molar-refractivity contribution >= 4 is 16.8 Å². The van der Waals surface area contributed by atoms with Crippen LogP contribution in [0.4, 0.5) is 0 Å². The molecule has 0 N–H and O–H groups in total. The van der Waals surface area contributed by atoms with Crippen LogP contribution in [0.3, 0.4) is 0 Å². The lowest BCUT2D eigenvalue weighted by atomic mass is 10.1. The summed E-state index contributed by atoms with van der Waals surface area (Å²) in [5, 5.41) is -0.167. The van der Waals surface area contributed by atoms with Gasteiger partial charge in [-0.1, -0.05) is 6.92 Å². The van der Waals surface area contributed by atoms with Crippen molar-refractivity contribution in [1.29, 1.82) is 0 Å². The quantitative estimate of drug-likeness (QED) is 0.643. The van der Waals surface area contributed by atoms with Crippen LogP contribution in [0.2, 0.25) is 0 Å². The van der Waals surface area contributed by atoms with Gasteiger partial charge in [-0.2, -0.15) is 0 Å². The van der Waals surface area contributed by atoms with E-state index in [4.69, 9.17) is 4.74 Å². The summed E-state index contributed by atoms with van der Waals surface area (Å²) in [6.45, 7) is 5.71. The van der Waals surface area contributed by atoms with Gasteiger partial charge in [0.25, 0.3) is 0 Å². The summed E-state index contributed by atoms with van der Waals surface area (Å²) >= 11 is 0. The number of methoxy groups -OCH3 is 2. The van der Waals surface area contributed by atoms with Crippen molar-refractivity contribution in [2.24, 2.45) is 0 Å². The third kappa shape index (κ3) is 6.23. The first-order chi connectivity index (χ1) is 7.32.